The van der Waals surface area contributed by atoms with Gasteiger partial charge in [-0.05, 0) is 61.7 Å². The van der Waals surface area contributed by atoms with Gasteiger partial charge in [0, 0.05) is 11.3 Å². The molecular formula is C22H18FN3O5S2. The highest BCUT2D eigenvalue weighted by Gasteiger charge is 2.21. The number of nitrogens with zero attached hydrogens (tertiary/aromatic N) is 2. The number of carbonyl (C=O) groups excluding carboxylic acids is 1. The fourth-order valence-corrected chi connectivity index (χ4v) is 4.90. The molecule has 1 N–H and O–H groups in total. The molecule has 2 aromatic heterocycles. The Kier molecular flexibility index (Phi) is 6.25. The van der Waals surface area contributed by atoms with Crippen molar-refractivity contribution in [2.45, 2.75) is 24.8 Å². The van der Waals surface area contributed by atoms with E-state index in [2.05, 4.69) is 14.9 Å². The number of hydrogen-bond donors (Lipinski definition) is 1. The fourth-order valence-electron chi connectivity index (χ4n) is 2.94. The van der Waals surface area contributed by atoms with Crippen molar-refractivity contribution in [2.75, 3.05) is 4.72 Å². The summed E-state index contributed by atoms with van der Waals surface area (Å²) in [5.74, 6) is -0.766. The average Bonchev–Trinajstić information content (AvgIpc) is 3.47. The first-order valence-corrected chi connectivity index (χ1v) is 12.1. The molecule has 0 bridgehead atoms. The average molecular weight is 488 g/mol. The van der Waals surface area contributed by atoms with Gasteiger partial charge in [0.15, 0.2) is 6.10 Å². The number of ether oxygens (including phenoxy) is 1. The highest BCUT2D eigenvalue weighted by molar-refractivity contribution is 7.92. The van der Waals surface area contributed by atoms with E-state index in [1.54, 1.807) is 6.92 Å². The highest BCUT2D eigenvalue weighted by atomic mass is 32.2. The van der Waals surface area contributed by atoms with Crippen LogP contribution < -0.4 is 4.72 Å². The zero-order valence-corrected chi connectivity index (χ0v) is 19.1. The minimum Gasteiger partial charge on any atom is -0.449 e. The number of halogens is 1. The van der Waals surface area contributed by atoms with Gasteiger partial charge in [-0.15, -0.1) is 21.5 Å². The summed E-state index contributed by atoms with van der Waals surface area (Å²) in [6.07, 6.45) is -0.784. The largest absolute Gasteiger partial charge is 0.449 e. The summed E-state index contributed by atoms with van der Waals surface area (Å²) in [7, 11) is -4.00. The number of thiophene rings is 1. The Bertz CT molecular complexity index is 1380. The second kappa shape index (κ2) is 9.12. The molecule has 0 aliphatic carbocycles. The third-order valence-corrected chi connectivity index (χ3v) is 7.07. The lowest BCUT2D eigenvalue weighted by Crippen LogP contribution is -2.15. The number of rotatable bonds is 7. The van der Waals surface area contributed by atoms with E-state index in [1.807, 2.05) is 17.5 Å². The van der Waals surface area contributed by atoms with Gasteiger partial charge in [0.1, 0.15) is 5.82 Å². The predicted octanol–water partition coefficient (Wildman–Crippen LogP) is 4.96. The molecule has 0 aliphatic heterocycles. The molecule has 1 unspecified atom stereocenters. The summed E-state index contributed by atoms with van der Waals surface area (Å²) < 4.78 is 52.2. The van der Waals surface area contributed by atoms with E-state index < -0.39 is 27.9 Å². The van der Waals surface area contributed by atoms with Gasteiger partial charge in [-0.1, -0.05) is 12.1 Å². The van der Waals surface area contributed by atoms with Crippen molar-refractivity contribution in [3.8, 4) is 10.8 Å². The van der Waals surface area contributed by atoms with Crippen LogP contribution in [0.1, 0.15) is 34.8 Å². The van der Waals surface area contributed by atoms with Crippen LogP contribution >= 0.6 is 11.3 Å². The van der Waals surface area contributed by atoms with E-state index >= 15 is 0 Å². The van der Waals surface area contributed by atoms with Crippen LogP contribution in [0.25, 0.3) is 10.8 Å². The zero-order valence-electron chi connectivity index (χ0n) is 17.5. The zero-order chi connectivity index (χ0) is 23.6. The maximum absolute atomic E-state index is 13.7. The van der Waals surface area contributed by atoms with Crippen molar-refractivity contribution < 1.29 is 26.8 Å². The van der Waals surface area contributed by atoms with E-state index in [0.717, 1.165) is 4.88 Å². The smallest absolute Gasteiger partial charge is 0.338 e. The number of anilines is 1. The first-order chi connectivity index (χ1) is 15.7. The molecule has 0 spiro atoms. The molecule has 11 heteroatoms. The fraction of sp³-hybridized carbons (Fsp3) is 0.136. The van der Waals surface area contributed by atoms with Crippen LogP contribution in [0.5, 0.6) is 0 Å². The summed E-state index contributed by atoms with van der Waals surface area (Å²) in [5.41, 5.74) is 0.424. The lowest BCUT2D eigenvalue weighted by molar-refractivity contribution is 0.0280. The first kappa shape index (κ1) is 22.6. The number of benzene rings is 2. The van der Waals surface area contributed by atoms with Gasteiger partial charge < -0.3 is 9.15 Å². The quantitative estimate of drug-likeness (QED) is 0.367. The summed E-state index contributed by atoms with van der Waals surface area (Å²) >= 11 is 1.45. The molecule has 0 saturated carbocycles. The molecule has 33 heavy (non-hydrogen) atoms. The van der Waals surface area contributed by atoms with Crippen molar-refractivity contribution in [3.63, 3.8) is 0 Å². The topological polar surface area (TPSA) is 111 Å². The highest BCUT2D eigenvalue weighted by Crippen LogP contribution is 2.26. The van der Waals surface area contributed by atoms with Crippen molar-refractivity contribution in [3.05, 3.63) is 82.8 Å². The SMILES string of the molecule is Cc1c(F)cccc1S(=O)(=O)Nc1ccc(C(=O)OC(C)c2nnc(-c3cccs3)o2)cc1. The number of nitrogens with one attached hydrogen (secondary N) is 1. The lowest BCUT2D eigenvalue weighted by Gasteiger charge is -2.12. The van der Waals surface area contributed by atoms with Crippen LogP contribution in [0, 0.1) is 12.7 Å². The van der Waals surface area contributed by atoms with E-state index in [9.17, 15) is 17.6 Å². The molecule has 8 nitrogen and oxygen atoms in total. The van der Waals surface area contributed by atoms with Crippen LogP contribution in [-0.2, 0) is 14.8 Å². The van der Waals surface area contributed by atoms with E-state index in [1.165, 1.54) is 60.7 Å². The van der Waals surface area contributed by atoms with Crippen LogP contribution in [-0.4, -0.2) is 24.6 Å². The van der Waals surface area contributed by atoms with Crippen LogP contribution in [0.3, 0.4) is 0 Å². The minimum atomic E-state index is -4.00. The number of sulfonamides is 1. The third kappa shape index (κ3) is 4.94. The third-order valence-electron chi connectivity index (χ3n) is 4.68. The Morgan fingerprint density at radius 3 is 2.58 bits per heavy atom. The molecule has 2 heterocycles. The molecule has 1 atom stereocenters. The van der Waals surface area contributed by atoms with Crippen molar-refractivity contribution in [2.24, 2.45) is 0 Å². The number of hydrogen-bond acceptors (Lipinski definition) is 8. The van der Waals surface area contributed by atoms with Crippen molar-refractivity contribution in [1.82, 2.24) is 10.2 Å². The predicted molar refractivity (Wildman–Crippen MR) is 120 cm³/mol. The Morgan fingerprint density at radius 1 is 1.12 bits per heavy atom. The molecule has 0 saturated heterocycles. The summed E-state index contributed by atoms with van der Waals surface area (Å²) in [6, 6.07) is 13.2. The number of aromatic nitrogens is 2. The van der Waals surface area contributed by atoms with Gasteiger partial charge in [-0.2, -0.15) is 0 Å². The minimum absolute atomic E-state index is 0.0162. The van der Waals surface area contributed by atoms with Gasteiger partial charge >= 0.3 is 5.97 Å². The Balaban J connectivity index is 1.42. The molecule has 0 amide bonds. The van der Waals surface area contributed by atoms with Crippen LogP contribution in [0.2, 0.25) is 0 Å². The summed E-state index contributed by atoms with van der Waals surface area (Å²) in [5, 5.41) is 9.76. The summed E-state index contributed by atoms with van der Waals surface area (Å²) in [4.78, 5) is 13.1. The maximum atomic E-state index is 13.7. The van der Waals surface area contributed by atoms with E-state index in [4.69, 9.17) is 9.15 Å². The lowest BCUT2D eigenvalue weighted by atomic mass is 10.2. The van der Waals surface area contributed by atoms with Crippen LogP contribution in [0.4, 0.5) is 10.1 Å². The van der Waals surface area contributed by atoms with Crippen LogP contribution in [0.15, 0.2) is 69.3 Å². The van der Waals surface area contributed by atoms with Gasteiger partial charge in [0.25, 0.3) is 21.8 Å². The molecule has 0 fully saturated rings. The molecule has 4 rings (SSSR count). The molecular weight excluding hydrogens is 469 g/mol. The van der Waals surface area contributed by atoms with Gasteiger partial charge in [0.2, 0.25) is 0 Å². The Labute approximate surface area is 193 Å². The van der Waals surface area contributed by atoms with Crippen molar-refractivity contribution in [1.29, 1.82) is 0 Å². The normalized spacial score (nSPS) is 12.3. The van der Waals surface area contributed by atoms with Gasteiger partial charge in [-0.25, -0.2) is 17.6 Å². The molecule has 4 aromatic rings. The standard InChI is InChI=1S/C22H18FN3O5S2/c1-13-17(23)5-3-7-19(13)33(28,29)26-16-10-8-15(9-11-16)22(27)30-14(2)20-24-25-21(31-20)18-6-4-12-32-18/h3-12,14,26H,1-2H3. The molecule has 0 aliphatic rings. The second-order valence-electron chi connectivity index (χ2n) is 7.02. The Hall–Kier alpha value is -3.57. The monoisotopic (exact) mass is 487 g/mol. The number of carbonyl (C=O) groups is 1. The van der Waals surface area contributed by atoms with E-state index in [-0.39, 0.29) is 27.6 Å². The molecule has 2 aromatic carbocycles. The van der Waals surface area contributed by atoms with Crippen molar-refractivity contribution >= 4 is 33.0 Å². The summed E-state index contributed by atoms with van der Waals surface area (Å²) in [6.45, 7) is 2.99. The van der Waals surface area contributed by atoms with Gasteiger partial charge in [0.05, 0.1) is 15.3 Å². The second-order valence-corrected chi connectivity index (χ2v) is 9.61. The maximum Gasteiger partial charge on any atom is 0.338 e. The number of esters is 1. The van der Waals surface area contributed by atoms with E-state index in [0.29, 0.717) is 5.89 Å². The molecule has 170 valence electrons. The first-order valence-electron chi connectivity index (χ1n) is 9.71. The molecule has 0 radical (unpaired) electrons. The Morgan fingerprint density at radius 2 is 1.88 bits per heavy atom. The van der Waals surface area contributed by atoms with Gasteiger partial charge in [-0.3, -0.25) is 4.72 Å².